The maximum absolute atomic E-state index is 12.1. The molecular weight excluding hydrogens is 314 g/mol. The zero-order valence-corrected chi connectivity index (χ0v) is 14.9. The van der Waals surface area contributed by atoms with Crippen molar-refractivity contribution in [3.8, 4) is 0 Å². The van der Waals surface area contributed by atoms with Gasteiger partial charge in [0, 0.05) is 44.2 Å². The van der Waals surface area contributed by atoms with Gasteiger partial charge in [-0.15, -0.1) is 0 Å². The van der Waals surface area contributed by atoms with Gasteiger partial charge in [0.15, 0.2) is 0 Å². The number of nitrogens with one attached hydrogen (secondary N) is 2. The fourth-order valence-corrected chi connectivity index (χ4v) is 3.68. The zero-order chi connectivity index (χ0) is 17.6. The molecule has 0 aromatic heterocycles. The molecule has 3 rings (SSSR count). The number of aliphatic hydroxyl groups is 1. The monoisotopic (exact) mass is 343 g/mol. The molecule has 1 aromatic carbocycles. The molecule has 1 aliphatic carbocycles. The van der Waals surface area contributed by atoms with E-state index in [1.54, 1.807) is 0 Å². The Morgan fingerprint density at radius 1 is 1.20 bits per heavy atom. The van der Waals surface area contributed by atoms with E-state index in [4.69, 9.17) is 5.11 Å². The number of amides is 2. The van der Waals surface area contributed by atoms with Crippen LogP contribution in [0.5, 0.6) is 0 Å². The van der Waals surface area contributed by atoms with Crippen molar-refractivity contribution in [3.05, 3.63) is 47.5 Å². The van der Waals surface area contributed by atoms with Crippen molar-refractivity contribution in [1.29, 1.82) is 0 Å². The van der Waals surface area contributed by atoms with Gasteiger partial charge < -0.3 is 15.7 Å². The smallest absolute Gasteiger partial charge is 0.315 e. The van der Waals surface area contributed by atoms with E-state index in [0.717, 1.165) is 38.9 Å². The van der Waals surface area contributed by atoms with Crippen molar-refractivity contribution in [2.75, 3.05) is 19.7 Å². The first-order valence-corrected chi connectivity index (χ1v) is 9.27. The first-order chi connectivity index (χ1) is 12.1. The van der Waals surface area contributed by atoms with Crippen LogP contribution in [0.15, 0.2) is 36.4 Å². The Kier molecular flexibility index (Phi) is 6.10. The first-order valence-electron chi connectivity index (χ1n) is 9.27. The normalized spacial score (nSPS) is 24.4. The topological polar surface area (TPSA) is 64.6 Å². The summed E-state index contributed by atoms with van der Waals surface area (Å²) < 4.78 is 0. The summed E-state index contributed by atoms with van der Waals surface area (Å²) >= 11 is 0. The molecule has 2 atom stereocenters. The van der Waals surface area contributed by atoms with Crippen LogP contribution in [0.25, 0.3) is 0 Å². The SMILES string of the molecule is Cc1ccccc1CN1CCC(NC(=O)N[C@@H]2C=C[C@H](CO)C2)CC1. The average Bonchev–Trinajstić information content (AvgIpc) is 3.06. The molecule has 2 aliphatic rings. The highest BCUT2D eigenvalue weighted by Gasteiger charge is 2.23. The number of nitrogens with zero attached hydrogens (tertiary/aromatic N) is 1. The zero-order valence-electron chi connectivity index (χ0n) is 14.9. The molecule has 1 aliphatic heterocycles. The summed E-state index contributed by atoms with van der Waals surface area (Å²) in [6.45, 7) is 5.31. The van der Waals surface area contributed by atoms with Gasteiger partial charge in [-0.3, -0.25) is 4.90 Å². The molecule has 1 saturated heterocycles. The quantitative estimate of drug-likeness (QED) is 0.718. The first kappa shape index (κ1) is 18.0. The second kappa shape index (κ2) is 8.50. The largest absolute Gasteiger partial charge is 0.396 e. The van der Waals surface area contributed by atoms with Crippen LogP contribution >= 0.6 is 0 Å². The number of piperidine rings is 1. The second-order valence-electron chi connectivity index (χ2n) is 7.26. The van der Waals surface area contributed by atoms with E-state index >= 15 is 0 Å². The van der Waals surface area contributed by atoms with E-state index in [1.165, 1.54) is 11.1 Å². The number of aryl methyl sites for hydroxylation is 1. The molecule has 0 radical (unpaired) electrons. The highest BCUT2D eigenvalue weighted by molar-refractivity contribution is 5.74. The van der Waals surface area contributed by atoms with E-state index in [1.807, 2.05) is 12.2 Å². The van der Waals surface area contributed by atoms with Crippen LogP contribution in [0.4, 0.5) is 4.79 Å². The van der Waals surface area contributed by atoms with Gasteiger partial charge in [-0.25, -0.2) is 4.79 Å². The maximum Gasteiger partial charge on any atom is 0.315 e. The number of benzene rings is 1. The molecule has 25 heavy (non-hydrogen) atoms. The third-order valence-corrected chi connectivity index (χ3v) is 5.30. The average molecular weight is 343 g/mol. The molecule has 0 unspecified atom stereocenters. The van der Waals surface area contributed by atoms with E-state index in [2.05, 4.69) is 46.7 Å². The van der Waals surface area contributed by atoms with Gasteiger partial charge in [-0.1, -0.05) is 36.4 Å². The summed E-state index contributed by atoms with van der Waals surface area (Å²) in [4.78, 5) is 14.6. The van der Waals surface area contributed by atoms with Crippen molar-refractivity contribution >= 4 is 6.03 Å². The molecule has 0 saturated carbocycles. The lowest BCUT2D eigenvalue weighted by molar-refractivity contribution is 0.185. The van der Waals surface area contributed by atoms with E-state index < -0.39 is 0 Å². The molecule has 5 nitrogen and oxygen atoms in total. The summed E-state index contributed by atoms with van der Waals surface area (Å²) in [5, 5.41) is 15.2. The van der Waals surface area contributed by atoms with Gasteiger partial charge in [0.1, 0.15) is 0 Å². The Hall–Kier alpha value is -1.85. The van der Waals surface area contributed by atoms with Crippen LogP contribution in [0.3, 0.4) is 0 Å². The number of rotatable bonds is 5. The van der Waals surface area contributed by atoms with Crippen LogP contribution in [-0.4, -0.2) is 47.8 Å². The lowest BCUT2D eigenvalue weighted by atomic mass is 10.0. The van der Waals surface area contributed by atoms with E-state index in [0.29, 0.717) is 0 Å². The third kappa shape index (κ3) is 5.06. The number of aliphatic hydroxyl groups excluding tert-OH is 1. The summed E-state index contributed by atoms with van der Waals surface area (Å²) in [6.07, 6.45) is 6.72. The molecule has 0 bridgehead atoms. The molecule has 1 fully saturated rings. The van der Waals surface area contributed by atoms with Gasteiger partial charge in [0.25, 0.3) is 0 Å². The number of hydrogen-bond acceptors (Lipinski definition) is 3. The predicted octanol–water partition coefficient (Wildman–Crippen LogP) is 2.20. The van der Waals surface area contributed by atoms with Crippen molar-refractivity contribution in [2.24, 2.45) is 5.92 Å². The minimum absolute atomic E-state index is 0.0401. The summed E-state index contributed by atoms with van der Waals surface area (Å²) in [7, 11) is 0. The van der Waals surface area contributed by atoms with Gasteiger partial charge >= 0.3 is 6.03 Å². The Labute approximate surface area is 150 Å². The Morgan fingerprint density at radius 3 is 2.64 bits per heavy atom. The fraction of sp³-hybridized carbons (Fsp3) is 0.550. The van der Waals surface area contributed by atoms with Gasteiger partial charge in [-0.05, 0) is 37.3 Å². The number of carbonyl (C=O) groups excluding carboxylic acids is 1. The van der Waals surface area contributed by atoms with Gasteiger partial charge in [-0.2, -0.15) is 0 Å². The second-order valence-corrected chi connectivity index (χ2v) is 7.26. The van der Waals surface area contributed by atoms with Crippen LogP contribution in [0.1, 0.15) is 30.4 Å². The molecule has 1 aromatic rings. The highest BCUT2D eigenvalue weighted by atomic mass is 16.3. The van der Waals surface area contributed by atoms with Crippen LogP contribution in [-0.2, 0) is 6.54 Å². The number of urea groups is 1. The molecule has 136 valence electrons. The minimum Gasteiger partial charge on any atom is -0.396 e. The standard InChI is InChI=1S/C20H29N3O2/c1-15-4-2-3-5-17(15)13-23-10-8-18(9-11-23)21-20(25)22-19-7-6-16(12-19)14-24/h2-7,16,18-19,24H,8-14H2,1H3,(H2,21,22,25)/t16-,19+/m0/s1. The number of likely N-dealkylation sites (tertiary alicyclic amines) is 1. The highest BCUT2D eigenvalue weighted by Crippen LogP contribution is 2.18. The van der Waals surface area contributed by atoms with Gasteiger partial charge in [0.2, 0.25) is 0 Å². The van der Waals surface area contributed by atoms with Crippen LogP contribution < -0.4 is 10.6 Å². The molecular formula is C20H29N3O2. The predicted molar refractivity (Wildman–Crippen MR) is 99.3 cm³/mol. The van der Waals surface area contributed by atoms with Crippen LogP contribution in [0, 0.1) is 12.8 Å². The lowest BCUT2D eigenvalue weighted by Crippen LogP contribution is -2.49. The van der Waals surface area contributed by atoms with Crippen molar-refractivity contribution < 1.29 is 9.90 Å². The summed E-state index contributed by atoms with van der Waals surface area (Å²) in [6, 6.07) is 8.72. The number of hydrogen-bond donors (Lipinski definition) is 3. The Balaban J connectivity index is 1.38. The maximum atomic E-state index is 12.1. The third-order valence-electron chi connectivity index (χ3n) is 5.30. The van der Waals surface area contributed by atoms with Crippen LogP contribution in [0.2, 0.25) is 0 Å². The summed E-state index contributed by atoms with van der Waals surface area (Å²) in [5.41, 5.74) is 2.73. The van der Waals surface area contributed by atoms with Gasteiger partial charge in [0.05, 0.1) is 0 Å². The summed E-state index contributed by atoms with van der Waals surface area (Å²) in [5.74, 6) is 0.176. The lowest BCUT2D eigenvalue weighted by Gasteiger charge is -2.32. The van der Waals surface area contributed by atoms with E-state index in [-0.39, 0.29) is 30.6 Å². The number of carbonyl (C=O) groups is 1. The fourth-order valence-electron chi connectivity index (χ4n) is 3.68. The minimum atomic E-state index is -0.0920. The molecule has 3 N–H and O–H groups in total. The molecule has 5 heteroatoms. The van der Waals surface area contributed by atoms with E-state index in [9.17, 15) is 4.79 Å². The Bertz CT molecular complexity index is 609. The molecule has 1 heterocycles. The molecule has 2 amide bonds. The van der Waals surface area contributed by atoms with Crippen molar-refractivity contribution in [1.82, 2.24) is 15.5 Å². The Morgan fingerprint density at radius 2 is 1.96 bits per heavy atom. The molecule has 0 spiro atoms. The van der Waals surface area contributed by atoms with Crippen molar-refractivity contribution in [3.63, 3.8) is 0 Å². The van der Waals surface area contributed by atoms with Crippen molar-refractivity contribution in [2.45, 2.75) is 44.8 Å².